The van der Waals surface area contributed by atoms with Crippen molar-refractivity contribution < 1.29 is 14.1 Å². The van der Waals surface area contributed by atoms with E-state index in [4.69, 9.17) is 9.26 Å². The highest BCUT2D eigenvalue weighted by Gasteiger charge is 2.13. The lowest BCUT2D eigenvalue weighted by atomic mass is 10.1. The summed E-state index contributed by atoms with van der Waals surface area (Å²) in [7, 11) is 1.58. The summed E-state index contributed by atoms with van der Waals surface area (Å²) in [5.41, 5.74) is 3.32. The van der Waals surface area contributed by atoms with E-state index in [0.717, 1.165) is 22.6 Å². The maximum absolute atomic E-state index is 12.4. The van der Waals surface area contributed by atoms with E-state index in [2.05, 4.69) is 15.6 Å². The second kappa shape index (κ2) is 6.80. The van der Waals surface area contributed by atoms with Crippen LogP contribution in [0, 0.1) is 20.8 Å². The quantitative estimate of drug-likeness (QED) is 0.772. The second-order valence-electron chi connectivity index (χ2n) is 5.84. The average Bonchev–Trinajstić information content (AvgIpc) is 3.16. The van der Waals surface area contributed by atoms with E-state index >= 15 is 0 Å². The first kappa shape index (κ1) is 16.8. The Balaban J connectivity index is 1.72. The molecule has 0 saturated carbocycles. The number of hydrogen-bond acceptors (Lipinski definition) is 5. The van der Waals surface area contributed by atoms with Crippen LogP contribution in [0.15, 0.2) is 35.0 Å². The van der Waals surface area contributed by atoms with Crippen LogP contribution in [0.25, 0.3) is 0 Å². The van der Waals surface area contributed by atoms with Crippen LogP contribution < -0.4 is 10.1 Å². The number of nitrogens with one attached hydrogen (secondary N) is 1. The number of carbonyl (C=O) groups excluding carboxylic acids is 1. The third kappa shape index (κ3) is 3.55. The van der Waals surface area contributed by atoms with Crippen molar-refractivity contribution in [2.24, 2.45) is 0 Å². The maximum Gasteiger partial charge on any atom is 0.256 e. The molecule has 0 radical (unpaired) electrons. The molecule has 0 unspecified atom stereocenters. The molecule has 0 fully saturated rings. The first-order valence-corrected chi connectivity index (χ1v) is 7.89. The summed E-state index contributed by atoms with van der Waals surface area (Å²) in [5, 5.41) is 11.1. The van der Waals surface area contributed by atoms with Gasteiger partial charge >= 0.3 is 0 Å². The lowest BCUT2D eigenvalue weighted by molar-refractivity contribution is 0.102. The molecule has 0 aliphatic rings. The van der Waals surface area contributed by atoms with Crippen LogP contribution in [0.5, 0.6) is 5.75 Å². The van der Waals surface area contributed by atoms with Gasteiger partial charge in [0, 0.05) is 23.4 Å². The summed E-state index contributed by atoms with van der Waals surface area (Å²) in [4.78, 5) is 12.4. The lowest BCUT2D eigenvalue weighted by Gasteiger charge is -2.07. The number of benzene rings is 1. The Morgan fingerprint density at radius 1 is 1.28 bits per heavy atom. The molecule has 2 heterocycles. The molecule has 7 nitrogen and oxygen atoms in total. The molecule has 1 amide bonds. The van der Waals surface area contributed by atoms with Gasteiger partial charge in [-0.2, -0.15) is 5.10 Å². The Bertz CT molecular complexity index is 891. The number of nitrogens with zero attached hydrogens (tertiary/aromatic N) is 3. The highest BCUT2D eigenvalue weighted by molar-refractivity contribution is 6.04. The molecule has 1 aromatic carbocycles. The number of carbonyl (C=O) groups is 1. The van der Waals surface area contributed by atoms with Gasteiger partial charge in [-0.3, -0.25) is 9.48 Å². The minimum Gasteiger partial charge on any atom is -0.496 e. The van der Waals surface area contributed by atoms with E-state index < -0.39 is 0 Å². The highest BCUT2D eigenvalue weighted by Crippen LogP contribution is 2.20. The fourth-order valence-corrected chi connectivity index (χ4v) is 2.56. The van der Waals surface area contributed by atoms with Crippen molar-refractivity contribution >= 4 is 11.7 Å². The van der Waals surface area contributed by atoms with Crippen molar-refractivity contribution in [3.05, 3.63) is 58.6 Å². The molecule has 0 saturated heterocycles. The zero-order valence-electron chi connectivity index (χ0n) is 14.7. The van der Waals surface area contributed by atoms with E-state index in [9.17, 15) is 4.79 Å². The lowest BCUT2D eigenvalue weighted by Crippen LogP contribution is -2.13. The van der Waals surface area contributed by atoms with Gasteiger partial charge in [0.15, 0.2) is 5.82 Å². The molecule has 0 aliphatic carbocycles. The summed E-state index contributed by atoms with van der Waals surface area (Å²) in [6.45, 7) is 6.22. The minimum atomic E-state index is -0.235. The van der Waals surface area contributed by atoms with Crippen LogP contribution in [0.4, 0.5) is 5.82 Å². The number of aromatic nitrogens is 3. The van der Waals surface area contributed by atoms with Crippen molar-refractivity contribution in [3.8, 4) is 5.75 Å². The van der Waals surface area contributed by atoms with Crippen LogP contribution in [0.1, 0.15) is 32.9 Å². The molecular weight excluding hydrogens is 320 g/mol. The summed E-state index contributed by atoms with van der Waals surface area (Å²) in [6, 6.07) is 7.07. The van der Waals surface area contributed by atoms with E-state index in [1.54, 1.807) is 36.2 Å². The topological polar surface area (TPSA) is 82.2 Å². The van der Waals surface area contributed by atoms with Crippen LogP contribution in [0.3, 0.4) is 0 Å². The summed E-state index contributed by atoms with van der Waals surface area (Å²) < 4.78 is 12.1. The molecule has 7 heteroatoms. The third-order valence-corrected chi connectivity index (χ3v) is 4.05. The molecule has 1 N–H and O–H groups in total. The van der Waals surface area contributed by atoms with Crippen molar-refractivity contribution in [1.29, 1.82) is 0 Å². The first-order valence-electron chi connectivity index (χ1n) is 7.89. The van der Waals surface area contributed by atoms with Gasteiger partial charge in [0.05, 0.1) is 19.3 Å². The molecular formula is C18H20N4O3. The standard InChI is InChI=1S/C18H20N4O3/c1-11-5-6-14(9-16(11)24-4)18(23)19-17-7-8-22(20-17)10-15-12(2)21-25-13(15)3/h5-9H,10H2,1-4H3,(H,19,20,23). The molecule has 3 aromatic rings. The van der Waals surface area contributed by atoms with Crippen molar-refractivity contribution in [3.63, 3.8) is 0 Å². The van der Waals surface area contributed by atoms with Gasteiger partial charge in [-0.1, -0.05) is 11.2 Å². The van der Waals surface area contributed by atoms with E-state index in [0.29, 0.717) is 23.7 Å². The predicted molar refractivity (Wildman–Crippen MR) is 93.0 cm³/mol. The number of aryl methyl sites for hydroxylation is 3. The van der Waals surface area contributed by atoms with Gasteiger partial charge < -0.3 is 14.6 Å². The van der Waals surface area contributed by atoms with Gasteiger partial charge in [-0.25, -0.2) is 0 Å². The number of amides is 1. The third-order valence-electron chi connectivity index (χ3n) is 4.05. The minimum absolute atomic E-state index is 0.235. The first-order chi connectivity index (χ1) is 12.0. The monoisotopic (exact) mass is 340 g/mol. The Morgan fingerprint density at radius 3 is 2.76 bits per heavy atom. The highest BCUT2D eigenvalue weighted by atomic mass is 16.5. The van der Waals surface area contributed by atoms with Crippen LogP contribution in [-0.2, 0) is 6.54 Å². The summed E-state index contributed by atoms with van der Waals surface area (Å²) in [6.07, 6.45) is 1.80. The van der Waals surface area contributed by atoms with Crippen LogP contribution in [0.2, 0.25) is 0 Å². The molecule has 0 bridgehead atoms. The summed E-state index contributed by atoms with van der Waals surface area (Å²) >= 11 is 0. The molecule has 3 rings (SSSR count). The zero-order valence-corrected chi connectivity index (χ0v) is 14.7. The van der Waals surface area contributed by atoms with Crippen LogP contribution >= 0.6 is 0 Å². The van der Waals surface area contributed by atoms with Gasteiger partial charge in [-0.15, -0.1) is 0 Å². The molecule has 2 aromatic heterocycles. The molecule has 0 atom stereocenters. The van der Waals surface area contributed by atoms with Gasteiger partial charge in [0.2, 0.25) is 0 Å². The van der Waals surface area contributed by atoms with Gasteiger partial charge in [-0.05, 0) is 38.5 Å². The number of ether oxygens (including phenoxy) is 1. The number of anilines is 1. The molecule has 130 valence electrons. The van der Waals surface area contributed by atoms with E-state index in [1.807, 2.05) is 26.8 Å². The number of methoxy groups -OCH3 is 1. The Kier molecular flexibility index (Phi) is 4.56. The van der Waals surface area contributed by atoms with Gasteiger partial charge in [0.25, 0.3) is 5.91 Å². The largest absolute Gasteiger partial charge is 0.496 e. The van der Waals surface area contributed by atoms with Crippen molar-refractivity contribution in [2.75, 3.05) is 12.4 Å². The van der Waals surface area contributed by atoms with E-state index in [-0.39, 0.29) is 5.91 Å². The smallest absolute Gasteiger partial charge is 0.256 e. The normalized spacial score (nSPS) is 10.7. The maximum atomic E-state index is 12.4. The fraction of sp³-hybridized carbons (Fsp3) is 0.278. The fourth-order valence-electron chi connectivity index (χ4n) is 2.56. The van der Waals surface area contributed by atoms with Crippen molar-refractivity contribution in [1.82, 2.24) is 14.9 Å². The zero-order chi connectivity index (χ0) is 18.0. The Labute approximate surface area is 145 Å². The predicted octanol–water partition coefficient (Wildman–Crippen LogP) is 3.11. The molecule has 0 aliphatic heterocycles. The Hall–Kier alpha value is -3.09. The Morgan fingerprint density at radius 2 is 2.08 bits per heavy atom. The van der Waals surface area contributed by atoms with Crippen molar-refractivity contribution in [2.45, 2.75) is 27.3 Å². The second-order valence-corrected chi connectivity index (χ2v) is 5.84. The average molecular weight is 340 g/mol. The molecule has 25 heavy (non-hydrogen) atoms. The number of rotatable bonds is 5. The van der Waals surface area contributed by atoms with Gasteiger partial charge in [0.1, 0.15) is 11.5 Å². The molecule has 0 spiro atoms. The number of hydrogen-bond donors (Lipinski definition) is 1. The SMILES string of the molecule is COc1cc(C(=O)Nc2ccn(Cc3c(C)noc3C)n2)ccc1C. The summed E-state index contributed by atoms with van der Waals surface area (Å²) in [5.74, 6) is 1.69. The van der Waals surface area contributed by atoms with Crippen LogP contribution in [-0.4, -0.2) is 28.0 Å². The van der Waals surface area contributed by atoms with E-state index in [1.165, 1.54) is 0 Å².